The third-order valence-corrected chi connectivity index (χ3v) is 2.34. The SMILES string of the molecule is COc1ccc(/C=C2\C(=O)NC=C2N)cc1. The number of benzene rings is 1. The first-order valence-corrected chi connectivity index (χ1v) is 4.83. The molecule has 2 rings (SSSR count). The Kier molecular flexibility index (Phi) is 2.64. The highest BCUT2D eigenvalue weighted by atomic mass is 16.5. The highest BCUT2D eigenvalue weighted by molar-refractivity contribution is 6.05. The van der Waals surface area contributed by atoms with E-state index in [9.17, 15) is 4.79 Å². The van der Waals surface area contributed by atoms with Crippen molar-refractivity contribution in [1.82, 2.24) is 5.32 Å². The lowest BCUT2D eigenvalue weighted by molar-refractivity contribution is -0.115. The molecular weight excluding hydrogens is 204 g/mol. The minimum atomic E-state index is -0.173. The van der Waals surface area contributed by atoms with Crippen LogP contribution in [0.4, 0.5) is 0 Å². The number of carbonyl (C=O) groups is 1. The van der Waals surface area contributed by atoms with E-state index in [1.807, 2.05) is 24.3 Å². The molecule has 1 amide bonds. The summed E-state index contributed by atoms with van der Waals surface area (Å²) in [4.78, 5) is 11.4. The van der Waals surface area contributed by atoms with Gasteiger partial charge in [0.1, 0.15) is 5.75 Å². The summed E-state index contributed by atoms with van der Waals surface area (Å²) in [7, 11) is 1.61. The Morgan fingerprint density at radius 3 is 2.50 bits per heavy atom. The molecule has 0 unspecified atom stereocenters. The summed E-state index contributed by atoms with van der Waals surface area (Å²) < 4.78 is 5.05. The number of rotatable bonds is 2. The molecule has 1 aliphatic rings. The monoisotopic (exact) mass is 216 g/mol. The molecule has 1 aromatic carbocycles. The first-order chi connectivity index (χ1) is 7.70. The van der Waals surface area contributed by atoms with E-state index in [2.05, 4.69) is 5.32 Å². The van der Waals surface area contributed by atoms with Gasteiger partial charge in [0, 0.05) is 6.20 Å². The zero-order chi connectivity index (χ0) is 11.5. The Bertz CT molecular complexity index is 472. The summed E-state index contributed by atoms with van der Waals surface area (Å²) >= 11 is 0. The molecule has 0 spiro atoms. The van der Waals surface area contributed by atoms with Crippen molar-refractivity contribution in [3.8, 4) is 5.75 Å². The van der Waals surface area contributed by atoms with Crippen molar-refractivity contribution >= 4 is 12.0 Å². The van der Waals surface area contributed by atoms with Gasteiger partial charge in [0.05, 0.1) is 18.4 Å². The summed E-state index contributed by atoms with van der Waals surface area (Å²) in [5, 5.41) is 2.54. The maximum absolute atomic E-state index is 11.4. The molecule has 4 heteroatoms. The van der Waals surface area contributed by atoms with Crippen molar-refractivity contribution in [2.75, 3.05) is 7.11 Å². The Balaban J connectivity index is 2.28. The van der Waals surface area contributed by atoms with Crippen LogP contribution in [0.1, 0.15) is 5.56 Å². The van der Waals surface area contributed by atoms with E-state index in [0.29, 0.717) is 11.3 Å². The third-order valence-electron chi connectivity index (χ3n) is 2.34. The van der Waals surface area contributed by atoms with Crippen LogP contribution in [-0.2, 0) is 4.79 Å². The Hall–Kier alpha value is -2.23. The summed E-state index contributed by atoms with van der Waals surface area (Å²) in [5.74, 6) is 0.606. The minimum Gasteiger partial charge on any atom is -0.497 e. The molecule has 82 valence electrons. The molecule has 0 radical (unpaired) electrons. The quantitative estimate of drug-likeness (QED) is 0.725. The normalized spacial score (nSPS) is 17.2. The third kappa shape index (κ3) is 1.91. The van der Waals surface area contributed by atoms with Gasteiger partial charge in [0.2, 0.25) is 0 Å². The highest BCUT2D eigenvalue weighted by Gasteiger charge is 2.17. The maximum atomic E-state index is 11.4. The molecule has 0 aromatic heterocycles. The number of hydrogen-bond donors (Lipinski definition) is 2. The number of amides is 1. The second kappa shape index (κ2) is 4.10. The van der Waals surface area contributed by atoms with Crippen LogP contribution in [0.25, 0.3) is 6.08 Å². The van der Waals surface area contributed by atoms with E-state index >= 15 is 0 Å². The molecule has 0 atom stereocenters. The van der Waals surface area contributed by atoms with Crippen molar-refractivity contribution in [3.05, 3.63) is 47.3 Å². The lowest BCUT2D eigenvalue weighted by Gasteiger charge is -2.01. The summed E-state index contributed by atoms with van der Waals surface area (Å²) in [5.41, 5.74) is 7.51. The topological polar surface area (TPSA) is 64.3 Å². The smallest absolute Gasteiger partial charge is 0.257 e. The van der Waals surface area contributed by atoms with Gasteiger partial charge in [-0.15, -0.1) is 0 Å². The molecular formula is C12H12N2O2. The molecule has 0 saturated carbocycles. The van der Waals surface area contributed by atoms with Crippen LogP contribution in [0.5, 0.6) is 5.75 Å². The molecule has 3 N–H and O–H groups in total. The van der Waals surface area contributed by atoms with Crippen molar-refractivity contribution in [2.45, 2.75) is 0 Å². The Labute approximate surface area is 93.4 Å². The second-order valence-electron chi connectivity index (χ2n) is 3.40. The predicted molar refractivity (Wildman–Crippen MR) is 61.4 cm³/mol. The van der Waals surface area contributed by atoms with E-state index in [0.717, 1.165) is 11.3 Å². The first kappa shape index (κ1) is 10.3. The van der Waals surface area contributed by atoms with E-state index < -0.39 is 0 Å². The molecule has 1 aromatic rings. The molecule has 1 aliphatic heterocycles. The molecule has 0 saturated heterocycles. The van der Waals surface area contributed by atoms with E-state index in [1.165, 1.54) is 6.20 Å². The fourth-order valence-corrected chi connectivity index (χ4v) is 1.45. The standard InChI is InChI=1S/C12H12N2O2/c1-16-9-4-2-8(3-5-9)6-10-11(13)7-14-12(10)15/h2-7H,13H2,1H3,(H,14,15)/b10-6-. The number of hydrogen-bond acceptors (Lipinski definition) is 3. The first-order valence-electron chi connectivity index (χ1n) is 4.83. The minimum absolute atomic E-state index is 0.173. The van der Waals surface area contributed by atoms with Crippen LogP contribution in [0.2, 0.25) is 0 Å². The van der Waals surface area contributed by atoms with Crippen LogP contribution in [-0.4, -0.2) is 13.0 Å². The summed E-state index contributed by atoms with van der Waals surface area (Å²) in [6.07, 6.45) is 3.24. The van der Waals surface area contributed by atoms with Crippen LogP contribution in [0.3, 0.4) is 0 Å². The van der Waals surface area contributed by atoms with Crippen molar-refractivity contribution in [2.24, 2.45) is 5.73 Å². The Morgan fingerprint density at radius 2 is 2.00 bits per heavy atom. The molecule has 16 heavy (non-hydrogen) atoms. The average Bonchev–Trinajstić information content (AvgIpc) is 2.62. The summed E-state index contributed by atoms with van der Waals surface area (Å²) in [6, 6.07) is 7.40. The molecule has 1 heterocycles. The number of ether oxygens (including phenoxy) is 1. The Morgan fingerprint density at radius 1 is 1.31 bits per heavy atom. The van der Waals surface area contributed by atoms with Gasteiger partial charge in [-0.05, 0) is 23.8 Å². The fraction of sp³-hybridized carbons (Fsp3) is 0.0833. The molecule has 0 aliphatic carbocycles. The molecule has 0 fully saturated rings. The van der Waals surface area contributed by atoms with Gasteiger partial charge >= 0.3 is 0 Å². The van der Waals surface area contributed by atoms with Gasteiger partial charge in [0.15, 0.2) is 0 Å². The summed E-state index contributed by atoms with van der Waals surface area (Å²) in [6.45, 7) is 0. The number of methoxy groups -OCH3 is 1. The second-order valence-corrected chi connectivity index (χ2v) is 3.40. The lowest BCUT2D eigenvalue weighted by Crippen LogP contribution is -2.12. The fourth-order valence-electron chi connectivity index (χ4n) is 1.45. The zero-order valence-electron chi connectivity index (χ0n) is 8.86. The van der Waals surface area contributed by atoms with Crippen LogP contribution in [0, 0.1) is 0 Å². The van der Waals surface area contributed by atoms with Crippen molar-refractivity contribution in [1.29, 1.82) is 0 Å². The molecule has 4 nitrogen and oxygen atoms in total. The van der Waals surface area contributed by atoms with Crippen molar-refractivity contribution < 1.29 is 9.53 Å². The van der Waals surface area contributed by atoms with Gasteiger partial charge in [-0.2, -0.15) is 0 Å². The number of carbonyl (C=O) groups excluding carboxylic acids is 1. The maximum Gasteiger partial charge on any atom is 0.257 e. The van der Waals surface area contributed by atoms with Gasteiger partial charge in [-0.25, -0.2) is 0 Å². The van der Waals surface area contributed by atoms with Crippen LogP contribution < -0.4 is 15.8 Å². The zero-order valence-corrected chi connectivity index (χ0v) is 8.86. The highest BCUT2D eigenvalue weighted by Crippen LogP contribution is 2.17. The lowest BCUT2D eigenvalue weighted by atomic mass is 10.1. The van der Waals surface area contributed by atoms with E-state index in [4.69, 9.17) is 10.5 Å². The molecule has 0 bridgehead atoms. The van der Waals surface area contributed by atoms with E-state index in [-0.39, 0.29) is 5.91 Å². The predicted octanol–water partition coefficient (Wildman–Crippen LogP) is 1.01. The van der Waals surface area contributed by atoms with E-state index in [1.54, 1.807) is 13.2 Å². The van der Waals surface area contributed by atoms with Crippen LogP contribution >= 0.6 is 0 Å². The largest absolute Gasteiger partial charge is 0.497 e. The number of nitrogens with one attached hydrogen (secondary N) is 1. The average molecular weight is 216 g/mol. The van der Waals surface area contributed by atoms with Gasteiger partial charge in [0.25, 0.3) is 5.91 Å². The van der Waals surface area contributed by atoms with Crippen LogP contribution in [0.15, 0.2) is 41.7 Å². The van der Waals surface area contributed by atoms with Gasteiger partial charge in [-0.1, -0.05) is 12.1 Å². The van der Waals surface area contributed by atoms with Gasteiger partial charge in [-0.3, -0.25) is 4.79 Å². The number of nitrogens with two attached hydrogens (primary N) is 1. The van der Waals surface area contributed by atoms with Crippen molar-refractivity contribution in [3.63, 3.8) is 0 Å². The van der Waals surface area contributed by atoms with Gasteiger partial charge < -0.3 is 15.8 Å².